The van der Waals surface area contributed by atoms with Crippen LogP contribution in [0.2, 0.25) is 5.15 Å². The molecule has 0 saturated heterocycles. The summed E-state index contributed by atoms with van der Waals surface area (Å²) in [6.45, 7) is 5.12. The topological polar surface area (TPSA) is 22.1 Å². The lowest BCUT2D eigenvalue weighted by Crippen LogP contribution is -2.10. The van der Waals surface area contributed by atoms with Crippen LogP contribution in [0.3, 0.4) is 0 Å². The molecule has 0 spiro atoms. The summed E-state index contributed by atoms with van der Waals surface area (Å²) in [5.41, 5.74) is 0. The van der Waals surface area contributed by atoms with Crippen molar-refractivity contribution in [3.8, 4) is 5.75 Å². The predicted molar refractivity (Wildman–Crippen MR) is 58.8 cm³/mol. The Bertz CT molecular complexity index is 256. The fourth-order valence-electron chi connectivity index (χ4n) is 1.19. The summed E-state index contributed by atoms with van der Waals surface area (Å²) in [6.07, 6.45) is 3.96. The first-order valence-electron chi connectivity index (χ1n) is 5.00. The summed E-state index contributed by atoms with van der Waals surface area (Å²) >= 11 is 5.66. The molecule has 1 aromatic heterocycles. The van der Waals surface area contributed by atoms with Crippen LogP contribution < -0.4 is 4.74 Å². The molecule has 0 aliphatic rings. The summed E-state index contributed by atoms with van der Waals surface area (Å²) in [4.78, 5) is 3.95. The zero-order chi connectivity index (χ0) is 10.4. The van der Waals surface area contributed by atoms with Gasteiger partial charge in [0.05, 0.1) is 12.8 Å². The molecule has 0 unspecified atom stereocenters. The molecule has 0 fully saturated rings. The average molecular weight is 214 g/mol. The number of halogens is 1. The number of pyridine rings is 1. The van der Waals surface area contributed by atoms with Gasteiger partial charge in [0, 0.05) is 0 Å². The molecule has 0 amide bonds. The van der Waals surface area contributed by atoms with E-state index in [9.17, 15) is 0 Å². The van der Waals surface area contributed by atoms with Gasteiger partial charge in [0.2, 0.25) is 0 Å². The molecule has 78 valence electrons. The monoisotopic (exact) mass is 213 g/mol. The summed E-state index contributed by atoms with van der Waals surface area (Å²) in [5, 5.41) is 0.500. The fraction of sp³-hybridized carbons (Fsp3) is 0.545. The van der Waals surface area contributed by atoms with Gasteiger partial charge in [0.15, 0.2) is 0 Å². The van der Waals surface area contributed by atoms with Crippen molar-refractivity contribution < 1.29 is 4.74 Å². The lowest BCUT2D eigenvalue weighted by atomic mass is 10.1. The van der Waals surface area contributed by atoms with E-state index in [0.29, 0.717) is 11.1 Å². The summed E-state index contributed by atoms with van der Waals surface area (Å²) in [5.74, 6) is 1.42. The number of aromatic nitrogens is 1. The van der Waals surface area contributed by atoms with Crippen LogP contribution in [-0.2, 0) is 0 Å². The zero-order valence-corrected chi connectivity index (χ0v) is 9.42. The minimum absolute atomic E-state index is 0.500. The molecule has 0 bridgehead atoms. The maximum Gasteiger partial charge on any atom is 0.137 e. The van der Waals surface area contributed by atoms with Crippen molar-refractivity contribution in [3.63, 3.8) is 0 Å². The number of hydrogen-bond donors (Lipinski definition) is 0. The van der Waals surface area contributed by atoms with E-state index >= 15 is 0 Å². The third-order valence-corrected chi connectivity index (χ3v) is 2.56. The van der Waals surface area contributed by atoms with Gasteiger partial charge in [-0.3, -0.25) is 0 Å². The summed E-state index contributed by atoms with van der Waals surface area (Å²) in [6, 6.07) is 3.58. The second kappa shape index (κ2) is 5.86. The van der Waals surface area contributed by atoms with E-state index in [2.05, 4.69) is 18.8 Å². The lowest BCUT2D eigenvalue weighted by molar-refractivity contribution is 0.240. The molecular formula is C11H16ClNO. The van der Waals surface area contributed by atoms with Gasteiger partial charge < -0.3 is 4.74 Å². The second-order valence-corrected chi connectivity index (χ2v) is 3.70. The number of rotatable bonds is 5. The summed E-state index contributed by atoms with van der Waals surface area (Å²) < 4.78 is 5.58. The molecule has 14 heavy (non-hydrogen) atoms. The van der Waals surface area contributed by atoms with E-state index in [0.717, 1.165) is 25.2 Å². The Kier molecular flexibility index (Phi) is 4.74. The largest absolute Gasteiger partial charge is 0.492 e. The van der Waals surface area contributed by atoms with Gasteiger partial charge in [0.1, 0.15) is 10.9 Å². The van der Waals surface area contributed by atoms with Crippen molar-refractivity contribution in [2.45, 2.75) is 26.7 Å². The standard InChI is InChI=1S/C11H16ClNO/c1-3-9(4-2)8-14-10-5-6-11(12)13-7-10/h5-7,9H,3-4,8H2,1-2H3. The van der Waals surface area contributed by atoms with E-state index in [1.54, 1.807) is 12.3 Å². The minimum Gasteiger partial charge on any atom is -0.492 e. The highest BCUT2D eigenvalue weighted by Crippen LogP contribution is 2.15. The minimum atomic E-state index is 0.500. The number of ether oxygens (including phenoxy) is 1. The van der Waals surface area contributed by atoms with Crippen molar-refractivity contribution in [1.82, 2.24) is 4.98 Å². The molecule has 2 nitrogen and oxygen atoms in total. The van der Waals surface area contributed by atoms with Crippen LogP contribution in [0.1, 0.15) is 26.7 Å². The van der Waals surface area contributed by atoms with Crippen LogP contribution in [0, 0.1) is 5.92 Å². The smallest absolute Gasteiger partial charge is 0.137 e. The Balaban J connectivity index is 2.41. The van der Waals surface area contributed by atoms with Gasteiger partial charge in [-0.1, -0.05) is 38.3 Å². The molecule has 0 saturated carbocycles. The molecule has 0 aromatic carbocycles. The predicted octanol–water partition coefficient (Wildman–Crippen LogP) is 3.55. The van der Waals surface area contributed by atoms with Gasteiger partial charge in [-0.15, -0.1) is 0 Å². The molecule has 0 aliphatic carbocycles. The van der Waals surface area contributed by atoms with Crippen LogP contribution in [0.4, 0.5) is 0 Å². The van der Waals surface area contributed by atoms with Crippen LogP contribution in [0.5, 0.6) is 5.75 Å². The Morgan fingerprint density at radius 1 is 1.36 bits per heavy atom. The Morgan fingerprint density at radius 3 is 2.57 bits per heavy atom. The SMILES string of the molecule is CCC(CC)COc1ccc(Cl)nc1. The van der Waals surface area contributed by atoms with E-state index in [-0.39, 0.29) is 0 Å². The van der Waals surface area contributed by atoms with Gasteiger partial charge >= 0.3 is 0 Å². The normalized spacial score (nSPS) is 10.6. The van der Waals surface area contributed by atoms with Crippen molar-refractivity contribution in [2.75, 3.05) is 6.61 Å². The van der Waals surface area contributed by atoms with Gasteiger partial charge in [-0.2, -0.15) is 0 Å². The summed E-state index contributed by atoms with van der Waals surface area (Å²) in [7, 11) is 0. The second-order valence-electron chi connectivity index (χ2n) is 3.31. The van der Waals surface area contributed by atoms with Crippen molar-refractivity contribution in [1.29, 1.82) is 0 Å². The Morgan fingerprint density at radius 2 is 2.07 bits per heavy atom. The van der Waals surface area contributed by atoms with E-state index in [1.165, 1.54) is 0 Å². The molecule has 0 aliphatic heterocycles. The third kappa shape index (κ3) is 3.54. The molecular weight excluding hydrogens is 198 g/mol. The van der Waals surface area contributed by atoms with E-state index in [4.69, 9.17) is 16.3 Å². The first-order chi connectivity index (χ1) is 6.76. The molecule has 0 N–H and O–H groups in total. The first-order valence-corrected chi connectivity index (χ1v) is 5.38. The zero-order valence-electron chi connectivity index (χ0n) is 8.66. The van der Waals surface area contributed by atoms with E-state index < -0.39 is 0 Å². The average Bonchev–Trinajstić information content (AvgIpc) is 2.22. The van der Waals surface area contributed by atoms with Crippen LogP contribution >= 0.6 is 11.6 Å². The van der Waals surface area contributed by atoms with Crippen LogP contribution in [0.25, 0.3) is 0 Å². The Labute approximate surface area is 90.3 Å². The van der Waals surface area contributed by atoms with Crippen molar-refractivity contribution in [2.24, 2.45) is 5.92 Å². The molecule has 3 heteroatoms. The number of hydrogen-bond acceptors (Lipinski definition) is 2. The van der Waals surface area contributed by atoms with E-state index in [1.807, 2.05) is 6.07 Å². The Hall–Kier alpha value is -0.760. The molecule has 1 aromatic rings. The molecule has 0 atom stereocenters. The highest BCUT2D eigenvalue weighted by atomic mass is 35.5. The van der Waals surface area contributed by atoms with Crippen LogP contribution in [-0.4, -0.2) is 11.6 Å². The lowest BCUT2D eigenvalue weighted by Gasteiger charge is -2.13. The molecule has 0 radical (unpaired) electrons. The van der Waals surface area contributed by atoms with Crippen LogP contribution in [0.15, 0.2) is 18.3 Å². The van der Waals surface area contributed by atoms with Gasteiger partial charge in [0.25, 0.3) is 0 Å². The highest BCUT2D eigenvalue weighted by molar-refractivity contribution is 6.29. The van der Waals surface area contributed by atoms with Gasteiger partial charge in [-0.25, -0.2) is 4.98 Å². The first kappa shape index (κ1) is 11.3. The maximum absolute atomic E-state index is 5.66. The molecule has 1 rings (SSSR count). The van der Waals surface area contributed by atoms with Gasteiger partial charge in [-0.05, 0) is 18.1 Å². The quantitative estimate of drug-likeness (QED) is 0.698. The number of nitrogens with zero attached hydrogens (tertiary/aromatic N) is 1. The molecule has 1 heterocycles. The van der Waals surface area contributed by atoms with Crippen molar-refractivity contribution in [3.05, 3.63) is 23.5 Å². The third-order valence-electron chi connectivity index (χ3n) is 2.34. The maximum atomic E-state index is 5.66. The highest BCUT2D eigenvalue weighted by Gasteiger charge is 2.04. The van der Waals surface area contributed by atoms with Crippen molar-refractivity contribution >= 4 is 11.6 Å². The fourth-order valence-corrected chi connectivity index (χ4v) is 1.30.